The van der Waals surface area contributed by atoms with E-state index < -0.39 is 11.9 Å². The fourth-order valence-corrected chi connectivity index (χ4v) is 3.22. The van der Waals surface area contributed by atoms with Gasteiger partial charge in [-0.1, -0.05) is 35.0 Å². The van der Waals surface area contributed by atoms with Gasteiger partial charge in [0.05, 0.1) is 5.92 Å². The molecule has 4 nitrogen and oxygen atoms in total. The minimum Gasteiger partial charge on any atom is -0.481 e. The third kappa shape index (κ3) is 4.06. The number of aliphatic carboxylic acids is 1. The van der Waals surface area contributed by atoms with Crippen molar-refractivity contribution in [2.24, 2.45) is 11.8 Å². The zero-order chi connectivity index (χ0) is 15.4. The number of benzene rings is 1. The lowest BCUT2D eigenvalue weighted by molar-refractivity contribution is -0.141. The molecule has 0 radical (unpaired) electrons. The van der Waals surface area contributed by atoms with Gasteiger partial charge in [-0.25, -0.2) is 0 Å². The van der Waals surface area contributed by atoms with Gasteiger partial charge in [0.15, 0.2) is 0 Å². The lowest BCUT2D eigenvalue weighted by atomic mass is 9.95. The molecule has 21 heavy (non-hydrogen) atoms. The van der Waals surface area contributed by atoms with Crippen molar-refractivity contribution in [3.63, 3.8) is 0 Å². The molecule has 0 aliphatic carbocycles. The summed E-state index contributed by atoms with van der Waals surface area (Å²) in [6.07, 6.45) is 2.02. The van der Waals surface area contributed by atoms with E-state index in [1.807, 2.05) is 31.2 Å². The minimum atomic E-state index is -0.801. The van der Waals surface area contributed by atoms with Gasteiger partial charge in [0.25, 0.3) is 0 Å². The van der Waals surface area contributed by atoms with Gasteiger partial charge in [-0.05, 0) is 37.0 Å². The van der Waals surface area contributed by atoms with E-state index in [1.165, 1.54) is 0 Å². The molecule has 114 valence electrons. The van der Waals surface area contributed by atoms with Gasteiger partial charge in [0.1, 0.15) is 0 Å². The van der Waals surface area contributed by atoms with Crippen molar-refractivity contribution in [2.75, 3.05) is 13.1 Å². The Morgan fingerprint density at radius 3 is 2.81 bits per heavy atom. The molecule has 2 unspecified atom stereocenters. The maximum absolute atomic E-state index is 12.6. The van der Waals surface area contributed by atoms with Gasteiger partial charge in [-0.2, -0.15) is 0 Å². The molecule has 0 bridgehead atoms. The van der Waals surface area contributed by atoms with Crippen LogP contribution in [0.15, 0.2) is 28.7 Å². The first-order valence-electron chi connectivity index (χ1n) is 7.27. The summed E-state index contributed by atoms with van der Waals surface area (Å²) < 4.78 is 1.01. The molecule has 0 aromatic heterocycles. The number of nitrogens with zero attached hydrogens (tertiary/aromatic N) is 1. The van der Waals surface area contributed by atoms with Crippen LogP contribution in [0.3, 0.4) is 0 Å². The van der Waals surface area contributed by atoms with Crippen LogP contribution >= 0.6 is 15.9 Å². The second-order valence-electron chi connectivity index (χ2n) is 5.55. The van der Waals surface area contributed by atoms with E-state index in [-0.39, 0.29) is 11.8 Å². The molecule has 5 heteroatoms. The van der Waals surface area contributed by atoms with Crippen LogP contribution in [0.4, 0.5) is 0 Å². The zero-order valence-electron chi connectivity index (χ0n) is 12.1. The first kappa shape index (κ1) is 16.0. The van der Waals surface area contributed by atoms with E-state index >= 15 is 0 Å². The van der Waals surface area contributed by atoms with Crippen molar-refractivity contribution in [1.82, 2.24) is 4.90 Å². The number of hydrogen-bond acceptors (Lipinski definition) is 2. The smallest absolute Gasteiger partial charge is 0.308 e. The molecule has 0 spiro atoms. The number of halogens is 1. The van der Waals surface area contributed by atoms with Crippen LogP contribution in [0.1, 0.15) is 25.3 Å². The van der Waals surface area contributed by atoms with Crippen molar-refractivity contribution in [2.45, 2.75) is 26.2 Å². The van der Waals surface area contributed by atoms with Gasteiger partial charge in [-0.15, -0.1) is 0 Å². The highest BCUT2D eigenvalue weighted by atomic mass is 79.9. The van der Waals surface area contributed by atoms with Crippen LogP contribution in [-0.4, -0.2) is 35.0 Å². The molecule has 1 aliphatic heterocycles. The number of carbonyl (C=O) groups excluding carboxylic acids is 1. The predicted molar refractivity (Wildman–Crippen MR) is 83.9 cm³/mol. The summed E-state index contributed by atoms with van der Waals surface area (Å²) in [4.78, 5) is 25.3. The molecule has 1 amide bonds. The van der Waals surface area contributed by atoms with Gasteiger partial charge >= 0.3 is 5.97 Å². The Labute approximate surface area is 133 Å². The Balaban J connectivity index is 2.01. The normalized spacial score (nSPS) is 19.5. The molecule has 1 heterocycles. The summed E-state index contributed by atoms with van der Waals surface area (Å²) in [6, 6.07) is 7.97. The van der Waals surface area contributed by atoms with Gasteiger partial charge in [0, 0.05) is 23.5 Å². The molecule has 1 aliphatic rings. The highest BCUT2D eigenvalue weighted by molar-refractivity contribution is 9.10. The summed E-state index contributed by atoms with van der Waals surface area (Å²) in [5, 5.41) is 9.03. The number of carboxylic acids is 1. The Bertz CT molecular complexity index is 532. The van der Waals surface area contributed by atoms with Crippen molar-refractivity contribution in [3.8, 4) is 0 Å². The number of amides is 1. The second kappa shape index (κ2) is 7.07. The summed E-state index contributed by atoms with van der Waals surface area (Å²) >= 11 is 3.44. The number of rotatable bonds is 5. The van der Waals surface area contributed by atoms with Crippen LogP contribution in [-0.2, 0) is 16.0 Å². The van der Waals surface area contributed by atoms with E-state index in [2.05, 4.69) is 15.9 Å². The fourth-order valence-electron chi connectivity index (χ4n) is 2.77. The maximum Gasteiger partial charge on any atom is 0.308 e. The van der Waals surface area contributed by atoms with Crippen molar-refractivity contribution < 1.29 is 14.7 Å². The van der Waals surface area contributed by atoms with Crippen molar-refractivity contribution in [1.29, 1.82) is 0 Å². The Hall–Kier alpha value is -1.36. The SMILES string of the molecule is CCC(Cc1cccc(Br)c1)C(=O)N1CCC(C(=O)O)C1. The highest BCUT2D eigenvalue weighted by Crippen LogP contribution is 2.23. The number of hydrogen-bond donors (Lipinski definition) is 1. The van der Waals surface area contributed by atoms with Crippen LogP contribution in [0, 0.1) is 11.8 Å². The van der Waals surface area contributed by atoms with Crippen LogP contribution in [0.25, 0.3) is 0 Å². The Kier molecular flexibility index (Phi) is 5.39. The molecule has 1 fully saturated rings. The first-order valence-corrected chi connectivity index (χ1v) is 8.06. The third-order valence-electron chi connectivity index (χ3n) is 4.06. The first-order chi connectivity index (χ1) is 10.0. The van der Waals surface area contributed by atoms with Crippen LogP contribution in [0.5, 0.6) is 0 Å². The largest absolute Gasteiger partial charge is 0.481 e. The average Bonchev–Trinajstić information content (AvgIpc) is 2.94. The van der Waals surface area contributed by atoms with Crippen LogP contribution < -0.4 is 0 Å². The average molecular weight is 354 g/mol. The topological polar surface area (TPSA) is 57.6 Å². The summed E-state index contributed by atoms with van der Waals surface area (Å²) in [7, 11) is 0. The lowest BCUT2D eigenvalue weighted by Crippen LogP contribution is -2.35. The van der Waals surface area contributed by atoms with Crippen molar-refractivity contribution >= 4 is 27.8 Å². The van der Waals surface area contributed by atoms with E-state index in [1.54, 1.807) is 4.90 Å². The number of carboxylic acid groups (broad SMARTS) is 1. The lowest BCUT2D eigenvalue weighted by Gasteiger charge is -2.22. The molecule has 1 N–H and O–H groups in total. The number of likely N-dealkylation sites (tertiary alicyclic amines) is 1. The highest BCUT2D eigenvalue weighted by Gasteiger charge is 2.33. The maximum atomic E-state index is 12.6. The Morgan fingerprint density at radius 2 is 2.24 bits per heavy atom. The molecular formula is C16H20BrNO3. The zero-order valence-corrected chi connectivity index (χ0v) is 13.7. The van der Waals surface area contributed by atoms with E-state index in [9.17, 15) is 9.59 Å². The molecule has 2 rings (SSSR count). The second-order valence-corrected chi connectivity index (χ2v) is 6.46. The minimum absolute atomic E-state index is 0.0770. The molecule has 1 aromatic carbocycles. The summed E-state index contributed by atoms with van der Waals surface area (Å²) in [6.45, 7) is 2.92. The molecule has 1 saturated heterocycles. The standard InChI is InChI=1S/C16H20BrNO3/c1-2-12(8-11-4-3-5-14(17)9-11)15(19)18-7-6-13(10-18)16(20)21/h3-5,9,12-13H,2,6-8,10H2,1H3,(H,20,21). The molecule has 0 saturated carbocycles. The summed E-state index contributed by atoms with van der Waals surface area (Å²) in [5.41, 5.74) is 1.12. The van der Waals surface area contributed by atoms with Crippen LogP contribution in [0.2, 0.25) is 0 Å². The van der Waals surface area contributed by atoms with Gasteiger partial charge in [0.2, 0.25) is 5.91 Å². The summed E-state index contributed by atoms with van der Waals surface area (Å²) in [5.74, 6) is -1.20. The molecule has 1 aromatic rings. The monoisotopic (exact) mass is 353 g/mol. The fraction of sp³-hybridized carbons (Fsp3) is 0.500. The van der Waals surface area contributed by atoms with E-state index in [0.29, 0.717) is 25.9 Å². The Morgan fingerprint density at radius 1 is 1.48 bits per heavy atom. The molecular weight excluding hydrogens is 334 g/mol. The molecule has 2 atom stereocenters. The number of carbonyl (C=O) groups is 2. The van der Waals surface area contributed by atoms with E-state index in [4.69, 9.17) is 5.11 Å². The van der Waals surface area contributed by atoms with Gasteiger partial charge < -0.3 is 10.0 Å². The van der Waals surface area contributed by atoms with Crippen molar-refractivity contribution in [3.05, 3.63) is 34.3 Å². The quantitative estimate of drug-likeness (QED) is 0.885. The van der Waals surface area contributed by atoms with E-state index in [0.717, 1.165) is 16.5 Å². The van der Waals surface area contributed by atoms with Gasteiger partial charge in [-0.3, -0.25) is 9.59 Å². The third-order valence-corrected chi connectivity index (χ3v) is 4.56. The predicted octanol–water partition coefficient (Wildman–Crippen LogP) is 2.95.